The monoisotopic (exact) mass is 244 g/mol. The van der Waals surface area contributed by atoms with Gasteiger partial charge in [-0.05, 0) is 24.3 Å². The van der Waals surface area contributed by atoms with E-state index < -0.39 is 0 Å². The van der Waals surface area contributed by atoms with Crippen LogP contribution in [0.5, 0.6) is 0 Å². The summed E-state index contributed by atoms with van der Waals surface area (Å²) in [5, 5.41) is 0. The van der Waals surface area contributed by atoms with Gasteiger partial charge in [-0.25, -0.2) is 0 Å². The summed E-state index contributed by atoms with van der Waals surface area (Å²) in [7, 11) is 1.48. The minimum Gasteiger partial charge on any atom is -0.469 e. The summed E-state index contributed by atoms with van der Waals surface area (Å²) < 4.78 is 5.41. The van der Waals surface area contributed by atoms with Crippen LogP contribution < -0.4 is 0 Å². The highest BCUT2D eigenvalue weighted by atomic mass is 32.2. The maximum absolute atomic E-state index is 11.6. The van der Waals surface area contributed by atoms with Gasteiger partial charge < -0.3 is 4.74 Å². The van der Waals surface area contributed by atoms with Gasteiger partial charge in [-0.1, -0.05) is 12.2 Å². The van der Waals surface area contributed by atoms with Gasteiger partial charge in [0.2, 0.25) is 0 Å². The molecule has 15 heavy (non-hydrogen) atoms. The van der Waals surface area contributed by atoms with Gasteiger partial charge in [0.1, 0.15) is 0 Å². The molecule has 1 saturated heterocycles. The average Bonchev–Trinajstić information content (AvgIpc) is 2.78. The van der Waals surface area contributed by atoms with Crippen LogP contribution in [0.1, 0.15) is 12.8 Å². The van der Waals surface area contributed by atoms with Crippen molar-refractivity contribution < 1.29 is 9.53 Å². The summed E-state index contributed by atoms with van der Waals surface area (Å²) in [6.45, 7) is 0. The van der Waals surface area contributed by atoms with Gasteiger partial charge in [-0.2, -0.15) is 0 Å². The molecular formula is C11H16O2S2. The van der Waals surface area contributed by atoms with Crippen molar-refractivity contribution in [2.45, 2.75) is 17.4 Å². The van der Waals surface area contributed by atoms with E-state index in [1.807, 2.05) is 23.5 Å². The van der Waals surface area contributed by atoms with E-state index in [1.54, 1.807) is 0 Å². The predicted molar refractivity (Wildman–Crippen MR) is 66.1 cm³/mol. The summed E-state index contributed by atoms with van der Waals surface area (Å²) in [6, 6.07) is 0. The van der Waals surface area contributed by atoms with E-state index in [9.17, 15) is 4.79 Å². The van der Waals surface area contributed by atoms with E-state index in [4.69, 9.17) is 4.74 Å². The zero-order chi connectivity index (χ0) is 10.7. The fraction of sp³-hybridized carbons (Fsp3) is 0.727. The molecule has 0 aromatic heterocycles. The highest BCUT2D eigenvalue weighted by molar-refractivity contribution is 8.17. The van der Waals surface area contributed by atoms with E-state index in [2.05, 4.69) is 12.2 Å². The van der Waals surface area contributed by atoms with Gasteiger partial charge in [0.25, 0.3) is 0 Å². The maximum atomic E-state index is 11.6. The molecule has 0 spiro atoms. The Labute approximate surface area is 99.2 Å². The normalized spacial score (nSPS) is 31.8. The van der Waals surface area contributed by atoms with Gasteiger partial charge >= 0.3 is 5.97 Å². The molecule has 0 bridgehead atoms. The Balaban J connectivity index is 1.99. The third kappa shape index (κ3) is 2.53. The molecule has 0 amide bonds. The second kappa shape index (κ2) is 5.30. The lowest BCUT2D eigenvalue weighted by atomic mass is 9.97. The number of hydrogen-bond donors (Lipinski definition) is 0. The fourth-order valence-corrected chi connectivity index (χ4v) is 5.32. The molecule has 2 atom stereocenters. The second-order valence-electron chi connectivity index (χ2n) is 3.83. The molecule has 0 aromatic carbocycles. The van der Waals surface area contributed by atoms with Crippen molar-refractivity contribution in [3.05, 3.63) is 12.2 Å². The Kier molecular flexibility index (Phi) is 4.03. The summed E-state index contributed by atoms with van der Waals surface area (Å²) in [5.41, 5.74) is 0. The Hall–Kier alpha value is -0.0900. The molecular weight excluding hydrogens is 228 g/mol. The second-order valence-corrected chi connectivity index (χ2v) is 6.63. The largest absolute Gasteiger partial charge is 0.469 e. The van der Waals surface area contributed by atoms with Crippen LogP contribution in [0.3, 0.4) is 0 Å². The number of allylic oxidation sites excluding steroid dienone is 2. The zero-order valence-electron chi connectivity index (χ0n) is 8.85. The average molecular weight is 244 g/mol. The smallest absolute Gasteiger partial charge is 0.309 e. The molecule has 1 heterocycles. The van der Waals surface area contributed by atoms with E-state index in [-0.39, 0.29) is 11.9 Å². The fourth-order valence-electron chi connectivity index (χ4n) is 2.09. The number of hydrogen-bond acceptors (Lipinski definition) is 4. The molecule has 0 saturated carbocycles. The molecule has 1 aliphatic carbocycles. The minimum atomic E-state index is -0.0447. The Morgan fingerprint density at radius 3 is 2.80 bits per heavy atom. The first kappa shape index (κ1) is 11.4. The molecule has 0 aromatic rings. The van der Waals surface area contributed by atoms with Crippen LogP contribution in [0.15, 0.2) is 12.2 Å². The van der Waals surface area contributed by atoms with E-state index in [0.29, 0.717) is 10.5 Å². The van der Waals surface area contributed by atoms with Crippen LogP contribution in [0, 0.1) is 11.8 Å². The van der Waals surface area contributed by atoms with Crippen molar-refractivity contribution in [3.8, 4) is 0 Å². The minimum absolute atomic E-state index is 0.0447. The Morgan fingerprint density at radius 1 is 1.40 bits per heavy atom. The van der Waals surface area contributed by atoms with E-state index in [0.717, 1.165) is 6.42 Å². The molecule has 2 rings (SSSR count). The van der Waals surface area contributed by atoms with Crippen LogP contribution in [0.2, 0.25) is 0 Å². The molecule has 0 N–H and O–H groups in total. The predicted octanol–water partition coefficient (Wildman–Crippen LogP) is 2.55. The highest BCUT2D eigenvalue weighted by Crippen LogP contribution is 2.43. The quantitative estimate of drug-likeness (QED) is 0.551. The summed E-state index contributed by atoms with van der Waals surface area (Å²) in [6.07, 6.45) is 6.49. The first-order valence-corrected chi connectivity index (χ1v) is 7.40. The molecule has 84 valence electrons. The molecule has 2 aliphatic rings. The van der Waals surface area contributed by atoms with E-state index in [1.165, 1.54) is 25.0 Å². The van der Waals surface area contributed by atoms with Gasteiger partial charge in [0.05, 0.1) is 17.6 Å². The number of carbonyl (C=O) groups is 1. The third-order valence-corrected chi connectivity index (χ3v) is 6.03. The lowest BCUT2D eigenvalue weighted by Gasteiger charge is -2.28. The Bertz CT molecular complexity index is 259. The van der Waals surface area contributed by atoms with Crippen molar-refractivity contribution in [1.29, 1.82) is 0 Å². The SMILES string of the molecule is COC(=O)[C@@H]1CC=C[C@@H]1C1SCCCS1. The van der Waals surface area contributed by atoms with Crippen molar-refractivity contribution in [2.24, 2.45) is 11.8 Å². The third-order valence-electron chi connectivity index (χ3n) is 2.88. The summed E-state index contributed by atoms with van der Waals surface area (Å²) in [4.78, 5) is 11.6. The zero-order valence-corrected chi connectivity index (χ0v) is 10.5. The van der Waals surface area contributed by atoms with E-state index >= 15 is 0 Å². The molecule has 1 aliphatic heterocycles. The first-order valence-electron chi connectivity index (χ1n) is 5.30. The number of ether oxygens (including phenoxy) is 1. The molecule has 0 radical (unpaired) electrons. The maximum Gasteiger partial charge on any atom is 0.309 e. The van der Waals surface area contributed by atoms with Crippen molar-refractivity contribution >= 4 is 29.5 Å². The van der Waals surface area contributed by atoms with Crippen LogP contribution in [-0.2, 0) is 9.53 Å². The number of methoxy groups -OCH3 is 1. The molecule has 4 heteroatoms. The number of esters is 1. The lowest BCUT2D eigenvalue weighted by molar-refractivity contribution is -0.146. The first-order chi connectivity index (χ1) is 7.33. The summed E-state index contributed by atoms with van der Waals surface area (Å²) >= 11 is 3.99. The lowest BCUT2D eigenvalue weighted by Crippen LogP contribution is -2.28. The topological polar surface area (TPSA) is 26.3 Å². The number of rotatable bonds is 2. The van der Waals surface area contributed by atoms with Gasteiger partial charge in [-0.15, -0.1) is 23.5 Å². The summed E-state index contributed by atoms with van der Waals surface area (Å²) in [5.74, 6) is 2.87. The van der Waals surface area contributed by atoms with Crippen LogP contribution >= 0.6 is 23.5 Å². The molecule has 0 unspecified atom stereocenters. The van der Waals surface area contributed by atoms with Gasteiger partial charge in [0.15, 0.2) is 0 Å². The highest BCUT2D eigenvalue weighted by Gasteiger charge is 2.36. The van der Waals surface area contributed by atoms with Crippen molar-refractivity contribution in [2.75, 3.05) is 18.6 Å². The number of thioether (sulfide) groups is 2. The standard InChI is InChI=1S/C11H16O2S2/c1-13-10(12)8-4-2-5-9(8)11-14-6-3-7-15-11/h2,5,8-9,11H,3-4,6-7H2,1H3/t8-,9+/m1/s1. The van der Waals surface area contributed by atoms with Gasteiger partial charge in [0, 0.05) is 5.92 Å². The van der Waals surface area contributed by atoms with Crippen molar-refractivity contribution in [1.82, 2.24) is 0 Å². The Morgan fingerprint density at radius 2 is 2.13 bits per heavy atom. The van der Waals surface area contributed by atoms with Crippen molar-refractivity contribution in [3.63, 3.8) is 0 Å². The van der Waals surface area contributed by atoms with Crippen LogP contribution in [-0.4, -0.2) is 29.2 Å². The molecule has 2 nitrogen and oxygen atoms in total. The van der Waals surface area contributed by atoms with Crippen LogP contribution in [0.25, 0.3) is 0 Å². The van der Waals surface area contributed by atoms with Crippen LogP contribution in [0.4, 0.5) is 0 Å². The molecule has 1 fully saturated rings. The van der Waals surface area contributed by atoms with Gasteiger partial charge in [-0.3, -0.25) is 4.79 Å². The number of carbonyl (C=O) groups excluding carboxylic acids is 1.